The van der Waals surface area contributed by atoms with Crippen LogP contribution >= 0.6 is 0 Å². The number of aryl methyl sites for hydroxylation is 1. The Balaban J connectivity index is 3.26. The number of aromatic hydroxyl groups is 1. The summed E-state index contributed by atoms with van der Waals surface area (Å²) in [6.07, 6.45) is 0. The highest BCUT2D eigenvalue weighted by molar-refractivity contribution is 5.94. The van der Waals surface area contributed by atoms with E-state index in [4.69, 9.17) is 5.73 Å². The number of hydrogen-bond donors (Lipinski definition) is 2. The fourth-order valence-electron chi connectivity index (χ4n) is 0.984. The molecule has 0 aliphatic heterocycles. The molecule has 0 saturated heterocycles. The number of hydrogen-bond acceptors (Lipinski definition) is 4. The Morgan fingerprint density at radius 2 is 2.15 bits per heavy atom. The van der Waals surface area contributed by atoms with Gasteiger partial charge in [-0.05, 0) is 18.6 Å². The topological polar surface area (TPSA) is 72.5 Å². The van der Waals surface area contributed by atoms with Gasteiger partial charge < -0.3 is 15.6 Å². The van der Waals surface area contributed by atoms with E-state index in [0.717, 1.165) is 5.56 Å². The molecule has 0 bridgehead atoms. The van der Waals surface area contributed by atoms with Crippen molar-refractivity contribution >= 4 is 11.7 Å². The predicted octanol–water partition coefficient (Wildman–Crippen LogP) is 1.07. The second-order valence-electron chi connectivity index (χ2n) is 2.68. The number of methoxy groups -OCH3 is 1. The summed E-state index contributed by atoms with van der Waals surface area (Å²) in [4.78, 5) is 11.1. The van der Waals surface area contributed by atoms with Crippen LogP contribution in [0.3, 0.4) is 0 Å². The number of benzene rings is 1. The molecule has 4 heteroatoms. The summed E-state index contributed by atoms with van der Waals surface area (Å²) >= 11 is 0. The lowest BCUT2D eigenvalue weighted by molar-refractivity contribution is 0.0597. The van der Waals surface area contributed by atoms with E-state index >= 15 is 0 Å². The molecular formula is C9H11NO3. The summed E-state index contributed by atoms with van der Waals surface area (Å²) < 4.78 is 4.46. The summed E-state index contributed by atoms with van der Waals surface area (Å²) in [6, 6.07) is 3.13. The van der Waals surface area contributed by atoms with Crippen LogP contribution in [0.2, 0.25) is 0 Å². The summed E-state index contributed by atoms with van der Waals surface area (Å²) in [7, 11) is 1.25. The monoisotopic (exact) mass is 181 g/mol. The molecule has 0 heterocycles. The smallest absolute Gasteiger partial charge is 0.341 e. The average molecular weight is 181 g/mol. The van der Waals surface area contributed by atoms with Crippen molar-refractivity contribution < 1.29 is 14.6 Å². The average Bonchev–Trinajstić information content (AvgIpc) is 2.13. The van der Waals surface area contributed by atoms with Crippen LogP contribution in [-0.2, 0) is 4.74 Å². The van der Waals surface area contributed by atoms with Gasteiger partial charge in [-0.2, -0.15) is 0 Å². The highest BCUT2D eigenvalue weighted by Gasteiger charge is 2.14. The molecule has 0 saturated carbocycles. The van der Waals surface area contributed by atoms with E-state index < -0.39 is 5.97 Å². The minimum atomic E-state index is -0.593. The number of ether oxygens (including phenoxy) is 1. The summed E-state index contributed by atoms with van der Waals surface area (Å²) in [5, 5.41) is 9.45. The molecule has 0 fully saturated rings. The van der Waals surface area contributed by atoms with Crippen molar-refractivity contribution in [2.24, 2.45) is 0 Å². The van der Waals surface area contributed by atoms with E-state index in [1.807, 2.05) is 0 Å². The Labute approximate surface area is 75.9 Å². The first-order chi connectivity index (χ1) is 6.07. The lowest BCUT2D eigenvalue weighted by atomic mass is 10.1. The number of phenolic OH excluding ortho intramolecular Hbond substituents is 1. The number of rotatable bonds is 1. The fraction of sp³-hybridized carbons (Fsp3) is 0.222. The van der Waals surface area contributed by atoms with Crippen LogP contribution in [0.25, 0.3) is 0 Å². The van der Waals surface area contributed by atoms with Crippen LogP contribution in [0, 0.1) is 6.92 Å². The number of anilines is 1. The van der Waals surface area contributed by atoms with Crippen molar-refractivity contribution in [2.75, 3.05) is 12.8 Å². The van der Waals surface area contributed by atoms with E-state index in [2.05, 4.69) is 4.74 Å². The minimum Gasteiger partial charge on any atom is -0.505 e. The maximum absolute atomic E-state index is 11.1. The lowest BCUT2D eigenvalue weighted by Crippen LogP contribution is -2.03. The molecule has 1 rings (SSSR count). The van der Waals surface area contributed by atoms with Crippen molar-refractivity contribution in [1.82, 2.24) is 0 Å². The standard InChI is InChI=1S/C9H11NO3/c1-5-3-4-6(9(12)13-2)8(11)7(5)10/h3-4,11H,10H2,1-2H3. The number of nitrogen functional groups attached to an aromatic ring is 1. The van der Waals surface area contributed by atoms with Crippen molar-refractivity contribution in [2.45, 2.75) is 6.92 Å². The Kier molecular flexibility index (Phi) is 2.41. The quantitative estimate of drug-likeness (QED) is 0.386. The highest BCUT2D eigenvalue weighted by Crippen LogP contribution is 2.28. The zero-order valence-corrected chi connectivity index (χ0v) is 7.50. The van der Waals surface area contributed by atoms with Gasteiger partial charge in [-0.15, -0.1) is 0 Å². The van der Waals surface area contributed by atoms with Gasteiger partial charge >= 0.3 is 5.97 Å². The summed E-state index contributed by atoms with van der Waals surface area (Å²) in [5.74, 6) is -0.809. The van der Waals surface area contributed by atoms with Crippen LogP contribution in [0.4, 0.5) is 5.69 Å². The third kappa shape index (κ3) is 1.56. The molecule has 0 aliphatic carbocycles. The molecule has 3 N–H and O–H groups in total. The number of esters is 1. The number of phenols is 1. The molecular weight excluding hydrogens is 170 g/mol. The maximum atomic E-state index is 11.1. The molecule has 0 aliphatic rings. The number of carbonyl (C=O) groups excluding carboxylic acids is 1. The van der Waals surface area contributed by atoms with E-state index in [1.54, 1.807) is 13.0 Å². The summed E-state index contributed by atoms with van der Waals surface area (Å²) in [5.41, 5.74) is 6.54. The van der Waals surface area contributed by atoms with Gasteiger partial charge in [-0.25, -0.2) is 4.79 Å². The van der Waals surface area contributed by atoms with Crippen LogP contribution in [0.15, 0.2) is 12.1 Å². The van der Waals surface area contributed by atoms with Crippen LogP contribution in [-0.4, -0.2) is 18.2 Å². The van der Waals surface area contributed by atoms with Crippen LogP contribution in [0.5, 0.6) is 5.75 Å². The summed E-state index contributed by atoms with van der Waals surface area (Å²) in [6.45, 7) is 1.75. The first kappa shape index (κ1) is 9.38. The van der Waals surface area contributed by atoms with E-state index in [0.29, 0.717) is 0 Å². The molecule has 0 aromatic heterocycles. The third-order valence-corrected chi connectivity index (χ3v) is 1.84. The van der Waals surface area contributed by atoms with Gasteiger partial charge in [0.2, 0.25) is 0 Å². The number of nitrogens with two attached hydrogens (primary N) is 1. The van der Waals surface area contributed by atoms with Gasteiger partial charge in [0.15, 0.2) is 5.75 Å². The molecule has 0 unspecified atom stereocenters. The van der Waals surface area contributed by atoms with E-state index in [1.165, 1.54) is 13.2 Å². The Bertz CT molecular complexity index is 347. The van der Waals surface area contributed by atoms with E-state index in [9.17, 15) is 9.90 Å². The van der Waals surface area contributed by atoms with Gasteiger partial charge in [0.05, 0.1) is 12.8 Å². The lowest BCUT2D eigenvalue weighted by Gasteiger charge is -2.06. The van der Waals surface area contributed by atoms with E-state index in [-0.39, 0.29) is 17.0 Å². The molecule has 1 aromatic carbocycles. The van der Waals surface area contributed by atoms with Gasteiger partial charge in [-0.3, -0.25) is 0 Å². The van der Waals surface area contributed by atoms with Crippen molar-refractivity contribution in [3.8, 4) is 5.75 Å². The zero-order valence-electron chi connectivity index (χ0n) is 7.50. The Hall–Kier alpha value is -1.71. The predicted molar refractivity (Wildman–Crippen MR) is 48.6 cm³/mol. The van der Waals surface area contributed by atoms with Crippen LogP contribution in [0.1, 0.15) is 15.9 Å². The second-order valence-corrected chi connectivity index (χ2v) is 2.68. The zero-order chi connectivity index (χ0) is 10.0. The first-order valence-corrected chi connectivity index (χ1v) is 3.74. The van der Waals surface area contributed by atoms with Gasteiger partial charge in [0, 0.05) is 0 Å². The normalized spacial score (nSPS) is 9.69. The molecule has 13 heavy (non-hydrogen) atoms. The van der Waals surface area contributed by atoms with Gasteiger partial charge in [-0.1, -0.05) is 6.07 Å². The van der Waals surface area contributed by atoms with Crippen molar-refractivity contribution in [3.05, 3.63) is 23.3 Å². The first-order valence-electron chi connectivity index (χ1n) is 3.74. The van der Waals surface area contributed by atoms with Crippen molar-refractivity contribution in [1.29, 1.82) is 0 Å². The van der Waals surface area contributed by atoms with Gasteiger partial charge in [0.1, 0.15) is 5.56 Å². The SMILES string of the molecule is COC(=O)c1ccc(C)c(N)c1O. The fourth-order valence-corrected chi connectivity index (χ4v) is 0.984. The largest absolute Gasteiger partial charge is 0.505 e. The highest BCUT2D eigenvalue weighted by atomic mass is 16.5. The third-order valence-electron chi connectivity index (χ3n) is 1.84. The second kappa shape index (κ2) is 3.35. The molecule has 4 nitrogen and oxygen atoms in total. The Morgan fingerprint density at radius 3 is 2.69 bits per heavy atom. The minimum absolute atomic E-state index is 0.0885. The maximum Gasteiger partial charge on any atom is 0.341 e. The molecule has 0 spiro atoms. The number of carbonyl (C=O) groups is 1. The molecule has 1 aromatic rings. The van der Waals surface area contributed by atoms with Gasteiger partial charge in [0.25, 0.3) is 0 Å². The van der Waals surface area contributed by atoms with Crippen molar-refractivity contribution in [3.63, 3.8) is 0 Å². The molecule has 0 atom stereocenters. The molecule has 70 valence electrons. The van der Waals surface area contributed by atoms with Crippen LogP contribution < -0.4 is 5.73 Å². The molecule has 0 radical (unpaired) electrons. The Morgan fingerprint density at radius 1 is 1.54 bits per heavy atom. The molecule has 0 amide bonds.